The lowest BCUT2D eigenvalue weighted by Crippen LogP contribution is -1.89. The summed E-state index contributed by atoms with van der Waals surface area (Å²) in [6.45, 7) is 4.00. The predicted molar refractivity (Wildman–Crippen MR) is 55.6 cm³/mol. The molecule has 1 aromatic carbocycles. The number of nitrogens with zero attached hydrogens (tertiary/aromatic N) is 1. The Bertz CT molecular complexity index is 316. The molecule has 3 nitrogen and oxygen atoms in total. The highest BCUT2D eigenvalue weighted by Gasteiger charge is 2.02. The van der Waals surface area contributed by atoms with E-state index in [9.17, 15) is 0 Å². The zero-order chi connectivity index (χ0) is 11.0. The molecule has 0 saturated heterocycles. The van der Waals surface area contributed by atoms with Crippen LogP contribution in [0.15, 0.2) is 18.2 Å². The standard InChI is InChI=1S/C9H9NO2.C2H6/c1-11-8-4-3-7(6-10)9(5-8)12-2;1-2/h3-5H,1-2H3;1-2H3. The van der Waals surface area contributed by atoms with Gasteiger partial charge in [0, 0.05) is 6.07 Å². The third kappa shape index (κ3) is 2.98. The van der Waals surface area contributed by atoms with Crippen molar-refractivity contribution >= 4 is 0 Å². The zero-order valence-electron chi connectivity index (χ0n) is 9.00. The highest BCUT2D eigenvalue weighted by molar-refractivity contribution is 5.47. The predicted octanol–water partition coefficient (Wildman–Crippen LogP) is 2.60. The first-order chi connectivity index (χ1) is 6.81. The first-order valence-corrected chi connectivity index (χ1v) is 4.44. The van der Waals surface area contributed by atoms with Crippen molar-refractivity contribution in [3.63, 3.8) is 0 Å². The molecular weight excluding hydrogens is 178 g/mol. The van der Waals surface area contributed by atoms with Gasteiger partial charge in [0.2, 0.25) is 0 Å². The molecule has 0 fully saturated rings. The van der Waals surface area contributed by atoms with Crippen molar-refractivity contribution in [3.8, 4) is 17.6 Å². The highest BCUT2D eigenvalue weighted by atomic mass is 16.5. The molecule has 0 heterocycles. The maximum absolute atomic E-state index is 8.64. The van der Waals surface area contributed by atoms with E-state index in [1.165, 1.54) is 7.11 Å². The number of ether oxygens (including phenoxy) is 2. The maximum Gasteiger partial charge on any atom is 0.140 e. The van der Waals surface area contributed by atoms with Crippen LogP contribution in [0.1, 0.15) is 19.4 Å². The van der Waals surface area contributed by atoms with Crippen LogP contribution in [0.3, 0.4) is 0 Å². The minimum atomic E-state index is 0.512. The van der Waals surface area contributed by atoms with Gasteiger partial charge in [-0.1, -0.05) is 13.8 Å². The van der Waals surface area contributed by atoms with E-state index in [4.69, 9.17) is 14.7 Å². The zero-order valence-corrected chi connectivity index (χ0v) is 9.00. The van der Waals surface area contributed by atoms with Crippen LogP contribution in [0.25, 0.3) is 0 Å². The van der Waals surface area contributed by atoms with Crippen LogP contribution in [0.4, 0.5) is 0 Å². The molecular formula is C11H15NO2. The average Bonchev–Trinajstić information content (AvgIpc) is 2.30. The molecule has 0 bridgehead atoms. The summed E-state index contributed by atoms with van der Waals surface area (Å²) < 4.78 is 9.94. The van der Waals surface area contributed by atoms with Crippen molar-refractivity contribution in [1.29, 1.82) is 5.26 Å². The lowest BCUT2D eigenvalue weighted by Gasteiger charge is -2.04. The SMILES string of the molecule is CC.COc1ccc(C#N)c(OC)c1. The van der Waals surface area contributed by atoms with Crippen LogP contribution in [0.5, 0.6) is 11.5 Å². The molecule has 0 amide bonds. The number of rotatable bonds is 2. The molecule has 1 aromatic rings. The molecule has 0 unspecified atom stereocenters. The smallest absolute Gasteiger partial charge is 0.140 e. The number of benzene rings is 1. The lowest BCUT2D eigenvalue weighted by atomic mass is 10.2. The van der Waals surface area contributed by atoms with Crippen molar-refractivity contribution in [1.82, 2.24) is 0 Å². The summed E-state index contributed by atoms with van der Waals surface area (Å²) >= 11 is 0. The third-order valence-corrected chi connectivity index (χ3v) is 1.53. The fourth-order valence-corrected chi connectivity index (χ4v) is 0.891. The van der Waals surface area contributed by atoms with Crippen LogP contribution in [-0.4, -0.2) is 14.2 Å². The average molecular weight is 193 g/mol. The van der Waals surface area contributed by atoms with Gasteiger partial charge in [0.25, 0.3) is 0 Å². The lowest BCUT2D eigenvalue weighted by molar-refractivity contribution is 0.393. The third-order valence-electron chi connectivity index (χ3n) is 1.53. The fourth-order valence-electron chi connectivity index (χ4n) is 0.891. The Kier molecular flexibility index (Phi) is 5.97. The molecule has 0 aromatic heterocycles. The number of methoxy groups -OCH3 is 2. The van der Waals surface area contributed by atoms with Gasteiger partial charge in [-0.25, -0.2) is 0 Å². The van der Waals surface area contributed by atoms with E-state index < -0.39 is 0 Å². The van der Waals surface area contributed by atoms with Crippen LogP contribution < -0.4 is 9.47 Å². The largest absolute Gasteiger partial charge is 0.497 e. The van der Waals surface area contributed by atoms with Gasteiger partial charge >= 0.3 is 0 Å². The van der Waals surface area contributed by atoms with Crippen LogP contribution in [-0.2, 0) is 0 Å². The van der Waals surface area contributed by atoms with Crippen molar-refractivity contribution in [2.24, 2.45) is 0 Å². The maximum atomic E-state index is 8.64. The first kappa shape index (κ1) is 12.3. The molecule has 0 saturated carbocycles. The molecule has 0 radical (unpaired) electrons. The van der Waals surface area contributed by atoms with E-state index >= 15 is 0 Å². The van der Waals surface area contributed by atoms with Gasteiger partial charge in [0.15, 0.2) is 0 Å². The second-order valence-corrected chi connectivity index (χ2v) is 2.18. The summed E-state index contributed by atoms with van der Waals surface area (Å²) in [6, 6.07) is 7.08. The van der Waals surface area contributed by atoms with Gasteiger partial charge in [-0.3, -0.25) is 0 Å². The normalized spacial score (nSPS) is 7.93. The molecule has 3 heteroatoms. The number of nitriles is 1. The van der Waals surface area contributed by atoms with Crippen molar-refractivity contribution in [2.75, 3.05) is 14.2 Å². The number of hydrogen-bond donors (Lipinski definition) is 0. The van der Waals surface area contributed by atoms with E-state index in [0.717, 1.165) is 0 Å². The number of hydrogen-bond acceptors (Lipinski definition) is 3. The topological polar surface area (TPSA) is 42.2 Å². The molecule has 14 heavy (non-hydrogen) atoms. The monoisotopic (exact) mass is 193 g/mol. The molecule has 0 aliphatic carbocycles. The van der Waals surface area contributed by atoms with Crippen molar-refractivity contribution in [3.05, 3.63) is 23.8 Å². The van der Waals surface area contributed by atoms with E-state index in [0.29, 0.717) is 17.1 Å². The minimum absolute atomic E-state index is 0.512. The molecule has 76 valence electrons. The van der Waals surface area contributed by atoms with E-state index in [1.807, 2.05) is 19.9 Å². The Morgan fingerprint density at radius 2 is 1.79 bits per heavy atom. The van der Waals surface area contributed by atoms with Crippen LogP contribution in [0, 0.1) is 11.3 Å². The van der Waals surface area contributed by atoms with Gasteiger partial charge in [0.05, 0.1) is 19.8 Å². The summed E-state index contributed by atoms with van der Waals surface area (Å²) in [4.78, 5) is 0. The Labute approximate surface area is 84.9 Å². The van der Waals surface area contributed by atoms with E-state index in [1.54, 1.807) is 25.3 Å². The fraction of sp³-hybridized carbons (Fsp3) is 0.364. The van der Waals surface area contributed by atoms with Crippen molar-refractivity contribution in [2.45, 2.75) is 13.8 Å². The Hall–Kier alpha value is -1.69. The quantitative estimate of drug-likeness (QED) is 0.725. The molecule has 0 spiro atoms. The molecule has 0 aliphatic rings. The van der Waals surface area contributed by atoms with Gasteiger partial charge in [0.1, 0.15) is 17.6 Å². The minimum Gasteiger partial charge on any atom is -0.497 e. The van der Waals surface area contributed by atoms with Gasteiger partial charge < -0.3 is 9.47 Å². The van der Waals surface area contributed by atoms with Crippen LogP contribution >= 0.6 is 0 Å². The Morgan fingerprint density at radius 1 is 1.14 bits per heavy atom. The summed E-state index contributed by atoms with van der Waals surface area (Å²) in [5.74, 6) is 1.22. The second-order valence-electron chi connectivity index (χ2n) is 2.18. The van der Waals surface area contributed by atoms with Gasteiger partial charge in [-0.2, -0.15) is 5.26 Å². The van der Waals surface area contributed by atoms with Gasteiger partial charge in [-0.05, 0) is 12.1 Å². The van der Waals surface area contributed by atoms with E-state index in [2.05, 4.69) is 0 Å². The van der Waals surface area contributed by atoms with Gasteiger partial charge in [-0.15, -0.1) is 0 Å². The van der Waals surface area contributed by atoms with Crippen LogP contribution in [0.2, 0.25) is 0 Å². The molecule has 0 atom stereocenters. The molecule has 1 rings (SSSR count). The molecule has 0 aliphatic heterocycles. The first-order valence-electron chi connectivity index (χ1n) is 4.44. The Balaban J connectivity index is 0.000000791. The van der Waals surface area contributed by atoms with Crippen molar-refractivity contribution < 1.29 is 9.47 Å². The highest BCUT2D eigenvalue weighted by Crippen LogP contribution is 2.23. The van der Waals surface area contributed by atoms with E-state index in [-0.39, 0.29) is 0 Å². The second kappa shape index (κ2) is 6.79. The summed E-state index contributed by atoms with van der Waals surface area (Å²) in [7, 11) is 3.09. The summed E-state index contributed by atoms with van der Waals surface area (Å²) in [5.41, 5.74) is 0.512. The summed E-state index contributed by atoms with van der Waals surface area (Å²) in [5, 5.41) is 8.64. The Morgan fingerprint density at radius 3 is 2.21 bits per heavy atom. The molecule has 0 N–H and O–H groups in total. The summed E-state index contributed by atoms with van der Waals surface area (Å²) in [6.07, 6.45) is 0.